The first-order valence-electron chi connectivity index (χ1n) is 7.92. The van der Waals surface area contributed by atoms with Crippen LogP contribution in [0.25, 0.3) is 22.3 Å². The molecule has 0 spiro atoms. The lowest BCUT2D eigenvalue weighted by Crippen LogP contribution is -2.01. The molecule has 3 aromatic carbocycles. The first-order valence-corrected chi connectivity index (χ1v) is 7.92. The molecule has 0 aliphatic carbocycles. The van der Waals surface area contributed by atoms with E-state index in [1.54, 1.807) is 0 Å². The van der Waals surface area contributed by atoms with E-state index in [2.05, 4.69) is 50.2 Å². The van der Waals surface area contributed by atoms with Gasteiger partial charge in [0.25, 0.3) is 0 Å². The Bertz CT molecular complexity index is 821. The molecule has 2 heteroatoms. The van der Waals surface area contributed by atoms with Crippen LogP contribution < -0.4 is 11.5 Å². The number of nitrogen functional groups attached to an aromatic ring is 2. The molecule has 3 rings (SSSR count). The minimum absolute atomic E-state index is 0.413. The fraction of sp³-hybridized carbons (Fsp3) is 0.143. The van der Waals surface area contributed by atoms with Gasteiger partial charge in [0.15, 0.2) is 0 Å². The molecule has 0 bridgehead atoms. The van der Waals surface area contributed by atoms with E-state index in [0.717, 1.165) is 33.6 Å². The van der Waals surface area contributed by atoms with Gasteiger partial charge in [-0.15, -0.1) is 0 Å². The average Bonchev–Trinajstić information content (AvgIpc) is 2.57. The van der Waals surface area contributed by atoms with Crippen molar-refractivity contribution in [1.82, 2.24) is 0 Å². The SMILES string of the molecule is CC(C)c1ccccc1-c1c(N)ccc(N)c1-c1ccccc1. The van der Waals surface area contributed by atoms with Crippen LogP contribution in [0.1, 0.15) is 25.3 Å². The maximum atomic E-state index is 6.37. The lowest BCUT2D eigenvalue weighted by atomic mass is 9.86. The van der Waals surface area contributed by atoms with Crippen LogP contribution in [0.15, 0.2) is 66.7 Å². The van der Waals surface area contributed by atoms with E-state index in [1.807, 2.05) is 30.3 Å². The number of hydrogen-bond donors (Lipinski definition) is 2. The van der Waals surface area contributed by atoms with Crippen LogP contribution in [0, 0.1) is 0 Å². The van der Waals surface area contributed by atoms with Gasteiger partial charge in [-0.25, -0.2) is 0 Å². The summed E-state index contributed by atoms with van der Waals surface area (Å²) in [4.78, 5) is 0. The standard InChI is InChI=1S/C21H22N2/c1-14(2)16-10-6-7-11-17(16)21-19(23)13-12-18(22)20(21)15-8-4-3-5-9-15/h3-14H,22-23H2,1-2H3. The Kier molecular flexibility index (Phi) is 4.07. The van der Waals surface area contributed by atoms with Gasteiger partial charge in [-0.3, -0.25) is 0 Å². The monoisotopic (exact) mass is 302 g/mol. The molecule has 0 aliphatic heterocycles. The number of benzene rings is 3. The van der Waals surface area contributed by atoms with Crippen LogP contribution in [0.2, 0.25) is 0 Å². The molecule has 0 amide bonds. The van der Waals surface area contributed by atoms with Crippen molar-refractivity contribution in [2.45, 2.75) is 19.8 Å². The summed E-state index contributed by atoms with van der Waals surface area (Å²) in [5, 5.41) is 0. The highest BCUT2D eigenvalue weighted by Crippen LogP contribution is 2.42. The molecular formula is C21H22N2. The zero-order chi connectivity index (χ0) is 16.4. The Morgan fingerprint density at radius 1 is 0.652 bits per heavy atom. The second-order valence-corrected chi connectivity index (χ2v) is 6.10. The number of anilines is 2. The summed E-state index contributed by atoms with van der Waals surface area (Å²) >= 11 is 0. The fourth-order valence-electron chi connectivity index (χ4n) is 3.07. The Hall–Kier alpha value is -2.74. The minimum Gasteiger partial charge on any atom is -0.398 e. The van der Waals surface area contributed by atoms with Crippen molar-refractivity contribution >= 4 is 11.4 Å². The zero-order valence-corrected chi connectivity index (χ0v) is 13.6. The Labute approximate surface area is 137 Å². The first kappa shape index (κ1) is 15.2. The van der Waals surface area contributed by atoms with E-state index in [4.69, 9.17) is 11.5 Å². The Morgan fingerprint density at radius 3 is 1.87 bits per heavy atom. The molecule has 2 nitrogen and oxygen atoms in total. The second-order valence-electron chi connectivity index (χ2n) is 6.10. The van der Waals surface area contributed by atoms with Crippen LogP contribution in [-0.4, -0.2) is 0 Å². The van der Waals surface area contributed by atoms with Crippen LogP contribution in [0.4, 0.5) is 11.4 Å². The predicted octanol–water partition coefficient (Wildman–Crippen LogP) is 5.31. The Morgan fingerprint density at radius 2 is 1.22 bits per heavy atom. The molecule has 3 aromatic rings. The molecular weight excluding hydrogens is 280 g/mol. The summed E-state index contributed by atoms with van der Waals surface area (Å²) in [6, 6.07) is 22.4. The van der Waals surface area contributed by atoms with Gasteiger partial charge < -0.3 is 11.5 Å². The summed E-state index contributed by atoms with van der Waals surface area (Å²) in [6.07, 6.45) is 0. The molecule has 0 saturated carbocycles. The van der Waals surface area contributed by atoms with Gasteiger partial charge in [0, 0.05) is 22.5 Å². The molecule has 0 fully saturated rings. The predicted molar refractivity (Wildman–Crippen MR) is 100 cm³/mol. The van der Waals surface area contributed by atoms with Crippen molar-refractivity contribution < 1.29 is 0 Å². The molecule has 23 heavy (non-hydrogen) atoms. The maximum Gasteiger partial charge on any atom is 0.0401 e. The molecule has 0 aliphatic rings. The van der Waals surface area contributed by atoms with E-state index in [-0.39, 0.29) is 0 Å². The van der Waals surface area contributed by atoms with Crippen molar-refractivity contribution in [3.8, 4) is 22.3 Å². The smallest absolute Gasteiger partial charge is 0.0401 e. The topological polar surface area (TPSA) is 52.0 Å². The van der Waals surface area contributed by atoms with Gasteiger partial charge in [-0.2, -0.15) is 0 Å². The zero-order valence-electron chi connectivity index (χ0n) is 13.6. The van der Waals surface area contributed by atoms with Gasteiger partial charge in [-0.1, -0.05) is 68.4 Å². The summed E-state index contributed by atoms with van der Waals surface area (Å²) in [5.41, 5.74) is 19.8. The van der Waals surface area contributed by atoms with Gasteiger partial charge in [-0.05, 0) is 34.7 Å². The van der Waals surface area contributed by atoms with Crippen LogP contribution in [0.3, 0.4) is 0 Å². The molecule has 0 saturated heterocycles. The third kappa shape index (κ3) is 2.80. The third-order valence-corrected chi connectivity index (χ3v) is 4.18. The second kappa shape index (κ2) is 6.17. The minimum atomic E-state index is 0.413. The number of rotatable bonds is 3. The fourth-order valence-corrected chi connectivity index (χ4v) is 3.07. The van der Waals surface area contributed by atoms with Crippen molar-refractivity contribution in [2.24, 2.45) is 0 Å². The van der Waals surface area contributed by atoms with Crippen molar-refractivity contribution in [3.05, 3.63) is 72.3 Å². The molecule has 0 heterocycles. The molecule has 0 aromatic heterocycles. The average molecular weight is 302 g/mol. The van der Waals surface area contributed by atoms with E-state index >= 15 is 0 Å². The van der Waals surface area contributed by atoms with Crippen molar-refractivity contribution in [3.63, 3.8) is 0 Å². The summed E-state index contributed by atoms with van der Waals surface area (Å²) in [7, 11) is 0. The van der Waals surface area contributed by atoms with Gasteiger partial charge in [0.1, 0.15) is 0 Å². The molecule has 4 N–H and O–H groups in total. The van der Waals surface area contributed by atoms with Crippen LogP contribution >= 0.6 is 0 Å². The van der Waals surface area contributed by atoms with Crippen molar-refractivity contribution in [2.75, 3.05) is 11.5 Å². The maximum absolute atomic E-state index is 6.37. The largest absolute Gasteiger partial charge is 0.398 e. The van der Waals surface area contributed by atoms with E-state index < -0.39 is 0 Å². The molecule has 0 unspecified atom stereocenters. The molecule has 0 atom stereocenters. The normalized spacial score (nSPS) is 10.9. The molecule has 0 radical (unpaired) electrons. The highest BCUT2D eigenvalue weighted by atomic mass is 14.6. The van der Waals surface area contributed by atoms with Crippen LogP contribution in [-0.2, 0) is 0 Å². The van der Waals surface area contributed by atoms with Gasteiger partial charge >= 0.3 is 0 Å². The van der Waals surface area contributed by atoms with E-state index in [0.29, 0.717) is 5.92 Å². The van der Waals surface area contributed by atoms with Crippen molar-refractivity contribution in [1.29, 1.82) is 0 Å². The third-order valence-electron chi connectivity index (χ3n) is 4.18. The van der Waals surface area contributed by atoms with E-state index in [9.17, 15) is 0 Å². The summed E-state index contributed by atoms with van der Waals surface area (Å²) in [6.45, 7) is 4.40. The first-order chi connectivity index (χ1) is 11.1. The van der Waals surface area contributed by atoms with Crippen LogP contribution in [0.5, 0.6) is 0 Å². The quantitative estimate of drug-likeness (QED) is 0.644. The summed E-state index contributed by atoms with van der Waals surface area (Å²) < 4.78 is 0. The highest BCUT2D eigenvalue weighted by Gasteiger charge is 2.17. The highest BCUT2D eigenvalue weighted by molar-refractivity contribution is 5.98. The summed E-state index contributed by atoms with van der Waals surface area (Å²) in [5.74, 6) is 0.413. The lowest BCUT2D eigenvalue weighted by molar-refractivity contribution is 0.869. The van der Waals surface area contributed by atoms with Gasteiger partial charge in [0.05, 0.1) is 0 Å². The van der Waals surface area contributed by atoms with E-state index in [1.165, 1.54) is 5.56 Å². The Balaban J connectivity index is 2.35. The van der Waals surface area contributed by atoms with Gasteiger partial charge in [0.2, 0.25) is 0 Å². The number of nitrogens with two attached hydrogens (primary N) is 2. The number of hydrogen-bond acceptors (Lipinski definition) is 2. The molecule has 116 valence electrons. The lowest BCUT2D eigenvalue weighted by Gasteiger charge is -2.19.